The molecule has 0 unspecified atom stereocenters. The summed E-state index contributed by atoms with van der Waals surface area (Å²) in [5.41, 5.74) is -0.357. The maximum Gasteiger partial charge on any atom is 0.312 e. The minimum atomic E-state index is -3.75. The van der Waals surface area contributed by atoms with Crippen LogP contribution in [0.5, 0.6) is 5.75 Å². The lowest BCUT2D eigenvalue weighted by Gasteiger charge is -2.22. The second-order valence-electron chi connectivity index (χ2n) is 5.05. The second kappa shape index (κ2) is 6.40. The number of ether oxygens (including phenoxy) is 1. The highest BCUT2D eigenvalue weighted by Crippen LogP contribution is 2.29. The van der Waals surface area contributed by atoms with Gasteiger partial charge in [0.15, 0.2) is 5.75 Å². The average molecular weight is 314 g/mol. The van der Waals surface area contributed by atoms with Crippen LogP contribution in [-0.4, -0.2) is 26.5 Å². The van der Waals surface area contributed by atoms with Crippen LogP contribution < -0.4 is 9.46 Å². The molecule has 8 heteroatoms. The Hall–Kier alpha value is -1.67. The van der Waals surface area contributed by atoms with E-state index in [-0.39, 0.29) is 22.4 Å². The summed E-state index contributed by atoms with van der Waals surface area (Å²) in [5.74, 6) is 0.0385. The molecule has 116 valence electrons. The minimum Gasteiger partial charge on any atom is -0.490 e. The van der Waals surface area contributed by atoms with Gasteiger partial charge in [-0.05, 0) is 25.0 Å². The van der Waals surface area contributed by atoms with E-state index in [9.17, 15) is 18.5 Å². The smallest absolute Gasteiger partial charge is 0.312 e. The highest BCUT2D eigenvalue weighted by molar-refractivity contribution is 7.89. The molecule has 7 nitrogen and oxygen atoms in total. The van der Waals surface area contributed by atoms with E-state index in [0.29, 0.717) is 0 Å². The first kappa shape index (κ1) is 15.7. The van der Waals surface area contributed by atoms with Crippen molar-refractivity contribution < 1.29 is 18.1 Å². The Morgan fingerprint density at radius 1 is 1.29 bits per heavy atom. The number of nitrogens with one attached hydrogen (secondary N) is 1. The molecule has 1 fully saturated rings. The zero-order chi connectivity index (χ0) is 15.5. The number of benzene rings is 1. The van der Waals surface area contributed by atoms with Crippen molar-refractivity contribution in [2.45, 2.75) is 43.0 Å². The molecule has 0 spiro atoms. The quantitative estimate of drug-likeness (QED) is 0.663. The molecule has 2 rings (SSSR count). The topological polar surface area (TPSA) is 98.5 Å². The Balaban J connectivity index is 2.27. The molecule has 0 aromatic heterocycles. The van der Waals surface area contributed by atoms with Crippen molar-refractivity contribution in [3.63, 3.8) is 0 Å². The third-order valence-corrected chi connectivity index (χ3v) is 5.10. The van der Waals surface area contributed by atoms with Gasteiger partial charge in [-0.2, -0.15) is 0 Å². The number of hydrogen-bond donors (Lipinski definition) is 1. The van der Waals surface area contributed by atoms with E-state index in [2.05, 4.69) is 4.72 Å². The largest absolute Gasteiger partial charge is 0.490 e. The van der Waals surface area contributed by atoms with Gasteiger partial charge in [0.1, 0.15) is 0 Å². The SMILES string of the molecule is COc1ccc(S(=O)(=O)NC2CCCCC2)cc1[N+](=O)[O-]. The summed E-state index contributed by atoms with van der Waals surface area (Å²) in [7, 11) is -2.45. The summed E-state index contributed by atoms with van der Waals surface area (Å²) in [6.07, 6.45) is 4.72. The Bertz CT molecular complexity index is 623. The number of nitro benzene ring substituents is 1. The van der Waals surface area contributed by atoms with Crippen LogP contribution in [0.3, 0.4) is 0 Å². The number of hydrogen-bond acceptors (Lipinski definition) is 5. The Kier molecular flexibility index (Phi) is 4.79. The van der Waals surface area contributed by atoms with Gasteiger partial charge >= 0.3 is 5.69 Å². The van der Waals surface area contributed by atoms with Crippen LogP contribution in [-0.2, 0) is 10.0 Å². The molecule has 1 aliphatic rings. The highest BCUT2D eigenvalue weighted by atomic mass is 32.2. The number of rotatable bonds is 5. The monoisotopic (exact) mass is 314 g/mol. The lowest BCUT2D eigenvalue weighted by Crippen LogP contribution is -2.36. The van der Waals surface area contributed by atoms with E-state index in [1.165, 1.54) is 19.2 Å². The fraction of sp³-hybridized carbons (Fsp3) is 0.538. The van der Waals surface area contributed by atoms with Crippen LogP contribution in [0.25, 0.3) is 0 Å². The summed E-state index contributed by atoms with van der Waals surface area (Å²) in [4.78, 5) is 10.2. The number of nitrogens with zero attached hydrogens (tertiary/aromatic N) is 1. The second-order valence-corrected chi connectivity index (χ2v) is 6.76. The van der Waals surface area contributed by atoms with Gasteiger partial charge in [-0.15, -0.1) is 0 Å². The van der Waals surface area contributed by atoms with Gasteiger partial charge in [-0.25, -0.2) is 13.1 Å². The van der Waals surface area contributed by atoms with Gasteiger partial charge in [0.25, 0.3) is 0 Å². The van der Waals surface area contributed by atoms with Crippen LogP contribution >= 0.6 is 0 Å². The Morgan fingerprint density at radius 3 is 2.52 bits per heavy atom. The Morgan fingerprint density at radius 2 is 1.95 bits per heavy atom. The fourth-order valence-electron chi connectivity index (χ4n) is 2.49. The molecule has 0 atom stereocenters. The van der Waals surface area contributed by atoms with Crippen molar-refractivity contribution >= 4 is 15.7 Å². The standard InChI is InChI=1S/C13H18N2O5S/c1-20-13-8-7-11(9-12(13)15(16)17)21(18,19)14-10-5-3-2-4-6-10/h7-10,14H,2-6H2,1H3. The van der Waals surface area contributed by atoms with Crippen LogP contribution in [0, 0.1) is 10.1 Å². The molecule has 0 amide bonds. The van der Waals surface area contributed by atoms with E-state index in [4.69, 9.17) is 4.74 Å². The van der Waals surface area contributed by atoms with Crippen molar-refractivity contribution in [3.8, 4) is 5.75 Å². The summed E-state index contributed by atoms with van der Waals surface area (Å²) in [5, 5.41) is 11.0. The fourth-order valence-corrected chi connectivity index (χ4v) is 3.81. The zero-order valence-corrected chi connectivity index (χ0v) is 12.6. The molecule has 1 aliphatic carbocycles. The minimum absolute atomic E-state index is 0.0385. The lowest BCUT2D eigenvalue weighted by molar-refractivity contribution is -0.386. The van der Waals surface area contributed by atoms with Gasteiger partial charge in [0.05, 0.1) is 16.9 Å². The van der Waals surface area contributed by atoms with Gasteiger partial charge < -0.3 is 4.74 Å². The Labute approximate surface area is 123 Å². The normalized spacial score (nSPS) is 16.6. The first-order valence-electron chi connectivity index (χ1n) is 6.79. The van der Waals surface area contributed by atoms with Crippen molar-refractivity contribution in [2.24, 2.45) is 0 Å². The first-order valence-corrected chi connectivity index (χ1v) is 8.27. The van der Waals surface area contributed by atoms with Crippen molar-refractivity contribution in [3.05, 3.63) is 28.3 Å². The van der Waals surface area contributed by atoms with E-state index < -0.39 is 14.9 Å². The first-order chi connectivity index (χ1) is 9.94. The van der Waals surface area contributed by atoms with Crippen LogP contribution in [0.2, 0.25) is 0 Å². The lowest BCUT2D eigenvalue weighted by atomic mass is 9.96. The van der Waals surface area contributed by atoms with E-state index in [1.54, 1.807) is 0 Å². The van der Waals surface area contributed by atoms with E-state index >= 15 is 0 Å². The molecule has 1 aromatic carbocycles. The van der Waals surface area contributed by atoms with E-state index in [0.717, 1.165) is 38.2 Å². The molecular weight excluding hydrogens is 296 g/mol. The number of nitro groups is 1. The summed E-state index contributed by atoms with van der Waals surface area (Å²) in [6.45, 7) is 0. The average Bonchev–Trinajstić information content (AvgIpc) is 2.47. The number of methoxy groups -OCH3 is 1. The third-order valence-electron chi connectivity index (χ3n) is 3.58. The van der Waals surface area contributed by atoms with Gasteiger partial charge in [-0.1, -0.05) is 19.3 Å². The molecule has 1 aromatic rings. The van der Waals surface area contributed by atoms with E-state index in [1.807, 2.05) is 0 Å². The molecule has 21 heavy (non-hydrogen) atoms. The molecular formula is C13H18N2O5S. The maximum atomic E-state index is 12.3. The summed E-state index contributed by atoms with van der Waals surface area (Å²) in [6, 6.07) is 3.55. The maximum absolute atomic E-state index is 12.3. The summed E-state index contributed by atoms with van der Waals surface area (Å²) < 4.78 is 32.1. The third kappa shape index (κ3) is 3.70. The molecule has 0 radical (unpaired) electrons. The predicted octanol–water partition coefficient (Wildman–Crippen LogP) is 2.21. The van der Waals surface area contributed by atoms with Crippen molar-refractivity contribution in [1.29, 1.82) is 0 Å². The van der Waals surface area contributed by atoms with Crippen LogP contribution in [0.15, 0.2) is 23.1 Å². The van der Waals surface area contributed by atoms with Crippen LogP contribution in [0.1, 0.15) is 32.1 Å². The zero-order valence-electron chi connectivity index (χ0n) is 11.7. The molecule has 0 heterocycles. The number of sulfonamides is 1. The van der Waals surface area contributed by atoms with Crippen LogP contribution in [0.4, 0.5) is 5.69 Å². The van der Waals surface area contributed by atoms with Crippen molar-refractivity contribution in [1.82, 2.24) is 4.72 Å². The highest BCUT2D eigenvalue weighted by Gasteiger charge is 2.25. The summed E-state index contributed by atoms with van der Waals surface area (Å²) >= 11 is 0. The molecule has 1 saturated carbocycles. The molecule has 0 aliphatic heterocycles. The van der Waals surface area contributed by atoms with Gasteiger partial charge in [0.2, 0.25) is 10.0 Å². The van der Waals surface area contributed by atoms with Gasteiger partial charge in [-0.3, -0.25) is 10.1 Å². The van der Waals surface area contributed by atoms with Crippen molar-refractivity contribution in [2.75, 3.05) is 7.11 Å². The molecule has 0 saturated heterocycles. The van der Waals surface area contributed by atoms with Gasteiger partial charge in [0, 0.05) is 12.1 Å². The predicted molar refractivity (Wildman–Crippen MR) is 76.8 cm³/mol. The molecule has 0 bridgehead atoms. The molecule has 1 N–H and O–H groups in total.